The van der Waals surface area contributed by atoms with Gasteiger partial charge in [0.1, 0.15) is 6.61 Å². The maximum absolute atomic E-state index is 11.7. The van der Waals surface area contributed by atoms with Crippen molar-refractivity contribution in [3.8, 4) is 0 Å². The van der Waals surface area contributed by atoms with Gasteiger partial charge in [-0.05, 0) is 31.0 Å². The number of amides is 1. The normalized spacial score (nSPS) is 13.9. The Morgan fingerprint density at radius 2 is 2.16 bits per heavy atom. The third-order valence-corrected chi connectivity index (χ3v) is 3.07. The van der Waals surface area contributed by atoms with Crippen LogP contribution in [0.1, 0.15) is 29.6 Å². The van der Waals surface area contributed by atoms with Gasteiger partial charge in [-0.1, -0.05) is 11.6 Å². The summed E-state index contributed by atoms with van der Waals surface area (Å²) in [7, 11) is 0. The largest absolute Gasteiger partial charge is 0.462 e. The lowest BCUT2D eigenvalue weighted by Crippen LogP contribution is -2.26. The van der Waals surface area contributed by atoms with E-state index in [9.17, 15) is 9.59 Å². The van der Waals surface area contributed by atoms with Gasteiger partial charge in [-0.25, -0.2) is 4.79 Å². The number of hydrogen-bond donors (Lipinski definition) is 2. The van der Waals surface area contributed by atoms with Crippen LogP contribution < -0.4 is 11.1 Å². The van der Waals surface area contributed by atoms with E-state index in [0.29, 0.717) is 22.3 Å². The molecule has 0 spiro atoms. The number of nitrogens with two attached hydrogens (primary N) is 1. The van der Waals surface area contributed by atoms with E-state index in [1.165, 1.54) is 12.1 Å². The van der Waals surface area contributed by atoms with Crippen molar-refractivity contribution in [1.29, 1.82) is 0 Å². The number of halogens is 1. The molecular weight excluding hydrogens is 268 g/mol. The number of carbonyl (C=O) groups excluding carboxylic acids is 2. The molecule has 6 heteroatoms. The number of nitrogens with one attached hydrogen (secondary N) is 1. The van der Waals surface area contributed by atoms with Crippen LogP contribution in [0.4, 0.5) is 5.69 Å². The molecule has 1 aliphatic rings. The molecule has 0 aliphatic heterocycles. The molecule has 0 unspecified atom stereocenters. The molecule has 0 atom stereocenters. The van der Waals surface area contributed by atoms with Crippen molar-refractivity contribution in [2.24, 2.45) is 0 Å². The highest BCUT2D eigenvalue weighted by atomic mass is 35.5. The second-order valence-corrected chi connectivity index (χ2v) is 4.87. The van der Waals surface area contributed by atoms with Crippen LogP contribution in [0, 0.1) is 0 Å². The molecule has 1 amide bonds. The van der Waals surface area contributed by atoms with Gasteiger partial charge in [0.2, 0.25) is 5.91 Å². The van der Waals surface area contributed by atoms with Crippen molar-refractivity contribution in [2.45, 2.75) is 25.3 Å². The summed E-state index contributed by atoms with van der Waals surface area (Å²) in [5.74, 6) is -0.605. The Morgan fingerprint density at radius 3 is 2.79 bits per heavy atom. The first kappa shape index (κ1) is 13.7. The number of ether oxygens (including phenoxy) is 1. The van der Waals surface area contributed by atoms with Crippen LogP contribution >= 0.6 is 11.6 Å². The monoisotopic (exact) mass is 282 g/mol. The van der Waals surface area contributed by atoms with E-state index in [1.807, 2.05) is 0 Å². The molecule has 1 aliphatic carbocycles. The fourth-order valence-corrected chi connectivity index (χ4v) is 1.68. The van der Waals surface area contributed by atoms with Crippen LogP contribution in [0.3, 0.4) is 0 Å². The van der Waals surface area contributed by atoms with Crippen molar-refractivity contribution >= 4 is 29.2 Å². The zero-order valence-corrected chi connectivity index (χ0v) is 11.1. The second-order valence-electron chi connectivity index (χ2n) is 4.46. The highest BCUT2D eigenvalue weighted by molar-refractivity contribution is 6.33. The highest BCUT2D eigenvalue weighted by Gasteiger charge is 2.23. The maximum atomic E-state index is 11.7. The number of nitrogen functional groups attached to an aromatic ring is 1. The predicted octanol–water partition coefficient (Wildman–Crippen LogP) is 1.75. The maximum Gasteiger partial charge on any atom is 0.338 e. The summed E-state index contributed by atoms with van der Waals surface area (Å²) in [4.78, 5) is 23.0. The van der Waals surface area contributed by atoms with E-state index in [4.69, 9.17) is 22.1 Å². The second kappa shape index (κ2) is 5.93. The smallest absolute Gasteiger partial charge is 0.338 e. The molecule has 2 rings (SSSR count). The fourth-order valence-electron chi connectivity index (χ4n) is 1.50. The number of hydrogen-bond acceptors (Lipinski definition) is 4. The molecule has 5 nitrogen and oxygen atoms in total. The van der Waals surface area contributed by atoms with Gasteiger partial charge in [-0.2, -0.15) is 0 Å². The van der Waals surface area contributed by atoms with E-state index in [1.54, 1.807) is 6.07 Å². The van der Waals surface area contributed by atoms with Crippen LogP contribution in [0.2, 0.25) is 5.02 Å². The zero-order chi connectivity index (χ0) is 13.8. The molecular formula is C13H15ClN2O3. The highest BCUT2D eigenvalue weighted by Crippen LogP contribution is 2.20. The van der Waals surface area contributed by atoms with E-state index in [0.717, 1.165) is 12.8 Å². The minimum absolute atomic E-state index is 0.0549. The molecule has 1 aromatic rings. The van der Waals surface area contributed by atoms with Gasteiger partial charge in [0.15, 0.2) is 0 Å². The lowest BCUT2D eigenvalue weighted by Gasteiger charge is -2.06. The molecule has 0 bridgehead atoms. The van der Waals surface area contributed by atoms with Crippen molar-refractivity contribution in [3.63, 3.8) is 0 Å². The van der Waals surface area contributed by atoms with E-state index in [-0.39, 0.29) is 18.9 Å². The van der Waals surface area contributed by atoms with Crippen LogP contribution in [0.15, 0.2) is 18.2 Å². The fraction of sp³-hybridized carbons (Fsp3) is 0.385. The van der Waals surface area contributed by atoms with Crippen molar-refractivity contribution in [2.75, 3.05) is 12.3 Å². The van der Waals surface area contributed by atoms with Crippen LogP contribution in [0.5, 0.6) is 0 Å². The average Bonchev–Trinajstić information content (AvgIpc) is 3.16. The number of carbonyl (C=O) groups is 2. The Kier molecular flexibility index (Phi) is 4.27. The first-order chi connectivity index (χ1) is 9.06. The lowest BCUT2D eigenvalue weighted by molar-refractivity contribution is -0.121. The van der Waals surface area contributed by atoms with Crippen molar-refractivity contribution in [3.05, 3.63) is 28.8 Å². The molecule has 3 N–H and O–H groups in total. The SMILES string of the molecule is Nc1ccc(C(=O)OCCC(=O)NC2CC2)cc1Cl. The van der Waals surface area contributed by atoms with Gasteiger partial charge in [-0.15, -0.1) is 0 Å². The molecule has 1 saturated carbocycles. The first-order valence-corrected chi connectivity index (χ1v) is 6.45. The van der Waals surface area contributed by atoms with Gasteiger partial charge in [0.05, 0.1) is 22.7 Å². The van der Waals surface area contributed by atoms with Gasteiger partial charge in [0.25, 0.3) is 0 Å². The number of esters is 1. The molecule has 19 heavy (non-hydrogen) atoms. The third kappa shape index (κ3) is 4.13. The predicted molar refractivity (Wildman–Crippen MR) is 71.9 cm³/mol. The van der Waals surface area contributed by atoms with Crippen LogP contribution in [-0.4, -0.2) is 24.5 Å². The zero-order valence-electron chi connectivity index (χ0n) is 10.3. The van der Waals surface area contributed by atoms with Crippen LogP contribution in [0.25, 0.3) is 0 Å². The molecule has 1 fully saturated rings. The van der Waals surface area contributed by atoms with E-state index >= 15 is 0 Å². The summed E-state index contributed by atoms with van der Waals surface area (Å²) in [5, 5.41) is 3.12. The molecule has 1 aromatic carbocycles. The Morgan fingerprint density at radius 1 is 1.42 bits per heavy atom. The van der Waals surface area contributed by atoms with Crippen molar-refractivity contribution in [1.82, 2.24) is 5.32 Å². The summed E-state index contributed by atoms with van der Waals surface area (Å²) in [5.41, 5.74) is 6.27. The Labute approximate surface area is 116 Å². The van der Waals surface area contributed by atoms with E-state index in [2.05, 4.69) is 5.32 Å². The van der Waals surface area contributed by atoms with Crippen LogP contribution in [-0.2, 0) is 9.53 Å². The first-order valence-electron chi connectivity index (χ1n) is 6.08. The molecule has 0 saturated heterocycles. The number of anilines is 1. The van der Waals surface area contributed by atoms with Gasteiger partial charge in [-0.3, -0.25) is 4.79 Å². The molecule has 0 aromatic heterocycles. The van der Waals surface area contributed by atoms with Gasteiger partial charge < -0.3 is 15.8 Å². The number of benzene rings is 1. The Hall–Kier alpha value is -1.75. The van der Waals surface area contributed by atoms with Crippen molar-refractivity contribution < 1.29 is 14.3 Å². The minimum Gasteiger partial charge on any atom is -0.462 e. The summed E-state index contributed by atoms with van der Waals surface area (Å²) >= 11 is 5.81. The molecule has 0 heterocycles. The number of rotatable bonds is 5. The topological polar surface area (TPSA) is 81.4 Å². The Balaban J connectivity index is 1.76. The summed E-state index contributed by atoms with van der Waals surface area (Å²) in [6, 6.07) is 4.84. The minimum atomic E-state index is -0.513. The standard InChI is InChI=1S/C13H15ClN2O3/c14-10-7-8(1-4-11(10)15)13(18)19-6-5-12(17)16-9-2-3-9/h1,4,7,9H,2-3,5-6,15H2,(H,16,17). The third-order valence-electron chi connectivity index (χ3n) is 2.74. The Bertz CT molecular complexity index is 501. The summed E-state index contributed by atoms with van der Waals surface area (Å²) < 4.78 is 5.00. The molecule has 0 radical (unpaired) electrons. The van der Waals surface area contributed by atoms with E-state index < -0.39 is 5.97 Å². The molecule has 102 valence electrons. The van der Waals surface area contributed by atoms with Gasteiger partial charge in [0, 0.05) is 6.04 Å². The average molecular weight is 283 g/mol. The quantitative estimate of drug-likeness (QED) is 0.637. The van der Waals surface area contributed by atoms with Gasteiger partial charge >= 0.3 is 5.97 Å². The lowest BCUT2D eigenvalue weighted by atomic mass is 10.2. The summed E-state index contributed by atoms with van der Waals surface area (Å²) in [6.07, 6.45) is 2.25. The summed E-state index contributed by atoms with van der Waals surface area (Å²) in [6.45, 7) is 0.0549.